The Morgan fingerprint density at radius 1 is 1.43 bits per heavy atom. The molecule has 6 heteroatoms. The fourth-order valence-corrected chi connectivity index (χ4v) is 4.35. The molecule has 0 spiro atoms. The highest BCUT2D eigenvalue weighted by Crippen LogP contribution is 2.31. The molecule has 3 heterocycles. The van der Waals surface area contributed by atoms with Gasteiger partial charge >= 0.3 is 0 Å². The van der Waals surface area contributed by atoms with E-state index in [2.05, 4.69) is 11.4 Å². The van der Waals surface area contributed by atoms with Crippen LogP contribution in [0.5, 0.6) is 0 Å². The second-order valence-corrected chi connectivity index (χ2v) is 7.21. The van der Waals surface area contributed by atoms with Crippen molar-refractivity contribution >= 4 is 29.0 Å². The average Bonchev–Trinajstić information content (AvgIpc) is 3.18. The topological polar surface area (TPSA) is 66.0 Å². The summed E-state index contributed by atoms with van der Waals surface area (Å²) in [6.45, 7) is 1.89. The number of aryl methyl sites for hydroxylation is 1. The van der Waals surface area contributed by atoms with Crippen molar-refractivity contribution in [3.05, 3.63) is 34.9 Å². The minimum Gasteiger partial charge on any atom is -0.461 e. The maximum Gasteiger partial charge on any atom is 0.262 e. The number of carbonyl (C=O) groups excluding carboxylic acids is 1. The van der Waals surface area contributed by atoms with E-state index in [0.29, 0.717) is 17.1 Å². The van der Waals surface area contributed by atoms with E-state index >= 15 is 0 Å². The van der Waals surface area contributed by atoms with Gasteiger partial charge in [0.15, 0.2) is 0 Å². The Kier molecular flexibility index (Phi) is 3.79. The standard InChI is InChI=1S/C15H14N2O2S2/c1-10-2-3-11(19-10)12-4-5-13(21-12)14(18)17-15(8-16)6-7-20-9-15/h2-5H,6-7,9H2,1H3,(H,17,18). The summed E-state index contributed by atoms with van der Waals surface area (Å²) in [4.78, 5) is 13.8. The van der Waals surface area contributed by atoms with Gasteiger partial charge < -0.3 is 9.73 Å². The number of rotatable bonds is 3. The molecule has 2 aromatic rings. The number of nitrogens with zero attached hydrogens (tertiary/aromatic N) is 1. The van der Waals surface area contributed by atoms with Crippen molar-refractivity contribution in [3.8, 4) is 16.7 Å². The van der Waals surface area contributed by atoms with Crippen LogP contribution in [0.4, 0.5) is 0 Å². The molecule has 3 rings (SSSR count). The summed E-state index contributed by atoms with van der Waals surface area (Å²) in [5.41, 5.74) is -0.715. The highest BCUT2D eigenvalue weighted by molar-refractivity contribution is 7.99. The molecule has 1 atom stereocenters. The molecule has 1 aliphatic rings. The molecule has 1 aliphatic heterocycles. The van der Waals surface area contributed by atoms with Crippen molar-refractivity contribution < 1.29 is 9.21 Å². The largest absolute Gasteiger partial charge is 0.461 e. The molecule has 2 aromatic heterocycles. The van der Waals surface area contributed by atoms with Gasteiger partial charge in [0.1, 0.15) is 17.1 Å². The Bertz CT molecular complexity index is 705. The number of amides is 1. The molecule has 1 N–H and O–H groups in total. The quantitative estimate of drug-likeness (QED) is 0.941. The molecule has 4 nitrogen and oxygen atoms in total. The van der Waals surface area contributed by atoms with Crippen LogP contribution >= 0.6 is 23.1 Å². The van der Waals surface area contributed by atoms with E-state index in [1.807, 2.05) is 25.1 Å². The van der Waals surface area contributed by atoms with Crippen LogP contribution in [0.15, 0.2) is 28.7 Å². The van der Waals surface area contributed by atoms with Crippen molar-refractivity contribution in [2.45, 2.75) is 18.9 Å². The predicted octanol–water partition coefficient (Wildman–Crippen LogP) is 3.45. The van der Waals surface area contributed by atoms with Crippen LogP contribution in [0.1, 0.15) is 21.9 Å². The molecule has 1 fully saturated rings. The van der Waals surface area contributed by atoms with Crippen LogP contribution in [0.25, 0.3) is 10.6 Å². The third kappa shape index (κ3) is 2.85. The lowest BCUT2D eigenvalue weighted by Gasteiger charge is -2.20. The lowest BCUT2D eigenvalue weighted by Crippen LogP contribution is -2.47. The normalized spacial score (nSPS) is 21.1. The van der Waals surface area contributed by atoms with Crippen LogP contribution in [0, 0.1) is 18.3 Å². The van der Waals surface area contributed by atoms with Gasteiger partial charge in [-0.2, -0.15) is 17.0 Å². The molecule has 21 heavy (non-hydrogen) atoms. The zero-order valence-electron chi connectivity index (χ0n) is 11.5. The molecule has 108 valence electrons. The number of thiophene rings is 1. The first-order valence-electron chi connectivity index (χ1n) is 6.60. The fraction of sp³-hybridized carbons (Fsp3) is 0.333. The van der Waals surface area contributed by atoms with Gasteiger partial charge in [0.2, 0.25) is 0 Å². The first-order chi connectivity index (χ1) is 10.1. The summed E-state index contributed by atoms with van der Waals surface area (Å²) in [7, 11) is 0. The van der Waals surface area contributed by atoms with Gasteiger partial charge in [0, 0.05) is 5.75 Å². The molecule has 0 aliphatic carbocycles. The zero-order valence-corrected chi connectivity index (χ0v) is 13.1. The Morgan fingerprint density at radius 2 is 2.29 bits per heavy atom. The Morgan fingerprint density at radius 3 is 2.90 bits per heavy atom. The lowest BCUT2D eigenvalue weighted by molar-refractivity contribution is 0.0930. The number of nitriles is 1. The molecule has 0 bridgehead atoms. The lowest BCUT2D eigenvalue weighted by atomic mass is 10.0. The molecule has 0 aromatic carbocycles. The SMILES string of the molecule is Cc1ccc(-c2ccc(C(=O)NC3(C#N)CCSC3)s2)o1. The molecule has 1 saturated heterocycles. The molecular formula is C15H14N2O2S2. The highest BCUT2D eigenvalue weighted by atomic mass is 32.2. The van der Waals surface area contributed by atoms with E-state index in [1.54, 1.807) is 17.8 Å². The fourth-order valence-electron chi connectivity index (χ4n) is 2.22. The molecule has 0 saturated carbocycles. The molecule has 1 amide bonds. The second kappa shape index (κ2) is 5.58. The van der Waals surface area contributed by atoms with Crippen molar-refractivity contribution in [1.29, 1.82) is 5.26 Å². The van der Waals surface area contributed by atoms with Crippen LogP contribution in [0.3, 0.4) is 0 Å². The Balaban J connectivity index is 1.77. The molecular weight excluding hydrogens is 304 g/mol. The summed E-state index contributed by atoms with van der Waals surface area (Å²) in [5.74, 6) is 3.00. The predicted molar refractivity (Wildman–Crippen MR) is 84.5 cm³/mol. The molecule has 1 unspecified atom stereocenters. The van der Waals surface area contributed by atoms with E-state index < -0.39 is 5.54 Å². The third-order valence-corrected chi connectivity index (χ3v) is 5.69. The van der Waals surface area contributed by atoms with E-state index in [9.17, 15) is 10.1 Å². The van der Waals surface area contributed by atoms with Gasteiger partial charge in [-0.25, -0.2) is 0 Å². The minimum absolute atomic E-state index is 0.182. The van der Waals surface area contributed by atoms with Gasteiger partial charge in [-0.1, -0.05) is 0 Å². The third-order valence-electron chi connectivity index (χ3n) is 3.40. The first-order valence-corrected chi connectivity index (χ1v) is 8.57. The van der Waals surface area contributed by atoms with Crippen molar-refractivity contribution in [3.63, 3.8) is 0 Å². The summed E-state index contributed by atoms with van der Waals surface area (Å²) < 4.78 is 5.56. The van der Waals surface area contributed by atoms with Gasteiger partial charge in [-0.05, 0) is 43.4 Å². The number of hydrogen-bond donors (Lipinski definition) is 1. The zero-order chi connectivity index (χ0) is 14.9. The number of carbonyl (C=O) groups is 1. The summed E-state index contributed by atoms with van der Waals surface area (Å²) in [6, 6.07) is 9.70. The first kappa shape index (κ1) is 14.2. The van der Waals surface area contributed by atoms with E-state index in [-0.39, 0.29) is 5.91 Å². The van der Waals surface area contributed by atoms with Crippen molar-refractivity contribution in [2.24, 2.45) is 0 Å². The van der Waals surface area contributed by atoms with E-state index in [4.69, 9.17) is 4.42 Å². The van der Waals surface area contributed by atoms with Crippen LogP contribution in [-0.4, -0.2) is 23.0 Å². The highest BCUT2D eigenvalue weighted by Gasteiger charge is 2.36. The van der Waals surface area contributed by atoms with Gasteiger partial charge in [-0.3, -0.25) is 4.79 Å². The summed E-state index contributed by atoms with van der Waals surface area (Å²) in [6.07, 6.45) is 0.704. The smallest absolute Gasteiger partial charge is 0.262 e. The van der Waals surface area contributed by atoms with E-state index in [0.717, 1.165) is 22.2 Å². The second-order valence-electron chi connectivity index (χ2n) is 5.02. The van der Waals surface area contributed by atoms with Crippen molar-refractivity contribution in [1.82, 2.24) is 5.32 Å². The van der Waals surface area contributed by atoms with Gasteiger partial charge in [0.05, 0.1) is 15.8 Å². The average molecular weight is 318 g/mol. The van der Waals surface area contributed by atoms with Gasteiger partial charge in [-0.15, -0.1) is 11.3 Å². The Hall–Kier alpha value is -1.71. The number of thioether (sulfide) groups is 1. The minimum atomic E-state index is -0.715. The van der Waals surface area contributed by atoms with Crippen LogP contribution < -0.4 is 5.32 Å². The van der Waals surface area contributed by atoms with Crippen molar-refractivity contribution in [2.75, 3.05) is 11.5 Å². The molecule has 0 radical (unpaired) electrons. The monoisotopic (exact) mass is 318 g/mol. The van der Waals surface area contributed by atoms with E-state index in [1.165, 1.54) is 11.3 Å². The summed E-state index contributed by atoms with van der Waals surface area (Å²) in [5, 5.41) is 12.2. The maximum absolute atomic E-state index is 12.3. The summed E-state index contributed by atoms with van der Waals surface area (Å²) >= 11 is 3.08. The number of furan rings is 1. The van der Waals surface area contributed by atoms with Gasteiger partial charge in [0.25, 0.3) is 5.91 Å². The maximum atomic E-state index is 12.3. The van der Waals surface area contributed by atoms with Crippen LogP contribution in [-0.2, 0) is 0 Å². The number of hydrogen-bond acceptors (Lipinski definition) is 5. The van der Waals surface area contributed by atoms with Crippen LogP contribution in [0.2, 0.25) is 0 Å². The number of nitrogens with one attached hydrogen (secondary N) is 1. The Labute approximate surface area is 131 Å².